The lowest BCUT2D eigenvalue weighted by molar-refractivity contribution is -0.918. The van der Waals surface area contributed by atoms with Gasteiger partial charge in [-0.15, -0.1) is 0 Å². The summed E-state index contributed by atoms with van der Waals surface area (Å²) >= 11 is 5.57. The van der Waals surface area contributed by atoms with Crippen molar-refractivity contribution in [1.82, 2.24) is 10.6 Å². The Bertz CT molecular complexity index is 511. The molecule has 1 heterocycles. The topological polar surface area (TPSA) is 28.5 Å². The molecule has 0 spiro atoms. The summed E-state index contributed by atoms with van der Waals surface area (Å²) in [6.07, 6.45) is 7.74. The maximum absolute atomic E-state index is 5.57. The van der Waals surface area contributed by atoms with Gasteiger partial charge in [0, 0.05) is 30.5 Å². The smallest absolute Gasteiger partial charge is 0.166 e. The number of likely N-dealkylation sites (tertiary alicyclic amines) is 1. The number of benzene rings is 1. The fourth-order valence-electron chi connectivity index (χ4n) is 4.16. The van der Waals surface area contributed by atoms with Gasteiger partial charge in [-0.25, -0.2) is 0 Å². The lowest BCUT2D eigenvalue weighted by Crippen LogP contribution is -3.12. The van der Waals surface area contributed by atoms with Crippen molar-refractivity contribution < 1.29 is 4.90 Å². The first-order chi connectivity index (χ1) is 11.7. The minimum Gasteiger partial charge on any atom is -0.360 e. The quantitative estimate of drug-likeness (QED) is 0.731. The van der Waals surface area contributed by atoms with Gasteiger partial charge in [0.1, 0.15) is 6.54 Å². The van der Waals surface area contributed by atoms with Gasteiger partial charge in [0.15, 0.2) is 5.11 Å². The van der Waals surface area contributed by atoms with E-state index >= 15 is 0 Å². The largest absolute Gasteiger partial charge is 0.360 e. The van der Waals surface area contributed by atoms with Gasteiger partial charge in [0.25, 0.3) is 0 Å². The Morgan fingerprint density at radius 2 is 1.75 bits per heavy atom. The van der Waals surface area contributed by atoms with Crippen molar-refractivity contribution in [2.45, 2.75) is 64.1 Å². The molecule has 1 aliphatic heterocycles. The van der Waals surface area contributed by atoms with E-state index in [2.05, 4.69) is 47.9 Å². The van der Waals surface area contributed by atoms with E-state index in [-0.39, 0.29) is 0 Å². The van der Waals surface area contributed by atoms with E-state index in [1.54, 1.807) is 4.90 Å². The Balaban J connectivity index is 1.38. The summed E-state index contributed by atoms with van der Waals surface area (Å²) in [5, 5.41) is 8.04. The highest BCUT2D eigenvalue weighted by atomic mass is 32.1. The normalized spacial score (nSPS) is 30.5. The molecule has 0 aromatic heterocycles. The van der Waals surface area contributed by atoms with Crippen molar-refractivity contribution in [3.05, 3.63) is 35.9 Å². The van der Waals surface area contributed by atoms with Crippen molar-refractivity contribution >= 4 is 17.3 Å². The van der Waals surface area contributed by atoms with Crippen LogP contribution in [0.1, 0.15) is 51.0 Å². The Morgan fingerprint density at radius 1 is 1.04 bits per heavy atom. The van der Waals surface area contributed by atoms with Crippen LogP contribution < -0.4 is 15.5 Å². The van der Waals surface area contributed by atoms with Crippen molar-refractivity contribution in [1.29, 1.82) is 0 Å². The Morgan fingerprint density at radius 3 is 2.46 bits per heavy atom. The maximum Gasteiger partial charge on any atom is 0.166 e. The molecule has 3 N–H and O–H groups in total. The standard InChI is InChI=1S/C20H31N3S/c1-16-7-5-6-10-19(16)22-20(24)21-18-11-13-23(14-12-18)15-17-8-3-2-4-9-17/h2-4,8-9,16,18-19H,5-7,10-15H2,1H3,(H2,21,22,24)/p+1/t16-,19-/m1/s1. The molecule has 0 bridgehead atoms. The second kappa shape index (κ2) is 8.82. The molecule has 132 valence electrons. The van der Waals surface area contributed by atoms with Gasteiger partial charge in [0.05, 0.1) is 13.1 Å². The number of hydrogen-bond acceptors (Lipinski definition) is 1. The molecule has 4 heteroatoms. The molecule has 1 aromatic rings. The molecule has 3 rings (SSSR count). The summed E-state index contributed by atoms with van der Waals surface area (Å²) in [7, 11) is 0. The minimum absolute atomic E-state index is 0.545. The van der Waals surface area contributed by atoms with E-state index in [4.69, 9.17) is 12.2 Å². The van der Waals surface area contributed by atoms with Crippen LogP contribution in [0.3, 0.4) is 0 Å². The molecule has 3 nitrogen and oxygen atoms in total. The molecule has 2 fully saturated rings. The highest BCUT2D eigenvalue weighted by Crippen LogP contribution is 2.23. The van der Waals surface area contributed by atoms with Gasteiger partial charge in [0.2, 0.25) is 0 Å². The predicted molar refractivity (Wildman–Crippen MR) is 104 cm³/mol. The maximum atomic E-state index is 5.57. The van der Waals surface area contributed by atoms with Crippen molar-refractivity contribution in [3.8, 4) is 0 Å². The number of hydrogen-bond donors (Lipinski definition) is 3. The van der Waals surface area contributed by atoms with Gasteiger partial charge in [-0.1, -0.05) is 50.1 Å². The third-order valence-electron chi connectivity index (χ3n) is 5.75. The molecule has 1 aromatic carbocycles. The van der Waals surface area contributed by atoms with Gasteiger partial charge in [-0.2, -0.15) is 0 Å². The molecule has 1 saturated heterocycles. The number of piperidine rings is 1. The Labute approximate surface area is 152 Å². The minimum atomic E-state index is 0.545. The fraction of sp³-hybridized carbons (Fsp3) is 0.650. The molecular weight excluding hydrogens is 314 g/mol. The summed E-state index contributed by atoms with van der Waals surface area (Å²) in [5.74, 6) is 0.746. The summed E-state index contributed by atoms with van der Waals surface area (Å²) in [4.78, 5) is 1.69. The van der Waals surface area contributed by atoms with Crippen LogP contribution in [0, 0.1) is 5.92 Å². The molecule has 24 heavy (non-hydrogen) atoms. The second-order valence-electron chi connectivity index (χ2n) is 7.67. The summed E-state index contributed by atoms with van der Waals surface area (Å²) in [6.45, 7) is 5.96. The molecule has 1 aliphatic carbocycles. The first-order valence-corrected chi connectivity index (χ1v) is 10.1. The predicted octanol–water partition coefficient (Wildman–Crippen LogP) is 2.28. The van der Waals surface area contributed by atoms with E-state index in [9.17, 15) is 0 Å². The van der Waals surface area contributed by atoms with Crippen LogP contribution in [0.5, 0.6) is 0 Å². The summed E-state index contributed by atoms with van der Waals surface area (Å²) in [5.41, 5.74) is 1.45. The van der Waals surface area contributed by atoms with E-state index in [0.717, 1.165) is 17.6 Å². The van der Waals surface area contributed by atoms with Gasteiger partial charge >= 0.3 is 0 Å². The number of thiocarbonyl (C=S) groups is 1. The molecule has 0 amide bonds. The average molecular weight is 347 g/mol. The zero-order chi connectivity index (χ0) is 16.8. The molecule has 1 saturated carbocycles. The molecule has 0 unspecified atom stereocenters. The van der Waals surface area contributed by atoms with Gasteiger partial charge in [-0.3, -0.25) is 0 Å². The monoisotopic (exact) mass is 346 g/mol. The summed E-state index contributed by atoms with van der Waals surface area (Å²) < 4.78 is 0. The van der Waals surface area contributed by atoms with E-state index in [0.29, 0.717) is 12.1 Å². The van der Waals surface area contributed by atoms with E-state index in [1.165, 1.54) is 57.2 Å². The van der Waals surface area contributed by atoms with Crippen LogP contribution in [0.2, 0.25) is 0 Å². The first-order valence-electron chi connectivity index (χ1n) is 9.65. The van der Waals surface area contributed by atoms with Crippen LogP contribution in [-0.2, 0) is 6.54 Å². The van der Waals surface area contributed by atoms with E-state index in [1.807, 2.05) is 0 Å². The number of quaternary nitrogens is 1. The van der Waals surface area contributed by atoms with Crippen LogP contribution >= 0.6 is 12.2 Å². The SMILES string of the molecule is C[C@@H]1CCCC[C@H]1NC(=S)NC1CC[NH+](Cc2ccccc2)CC1. The first kappa shape index (κ1) is 17.7. The molecule has 0 radical (unpaired) electrons. The molecule has 2 aliphatic rings. The lowest BCUT2D eigenvalue weighted by atomic mass is 9.86. The highest BCUT2D eigenvalue weighted by Gasteiger charge is 2.25. The van der Waals surface area contributed by atoms with Crippen LogP contribution in [0.4, 0.5) is 0 Å². The van der Waals surface area contributed by atoms with Crippen LogP contribution in [0.15, 0.2) is 30.3 Å². The molecule has 2 atom stereocenters. The third-order valence-corrected chi connectivity index (χ3v) is 5.99. The number of rotatable bonds is 4. The fourth-order valence-corrected chi connectivity index (χ4v) is 4.48. The second-order valence-corrected chi connectivity index (χ2v) is 8.08. The Kier molecular flexibility index (Phi) is 6.50. The van der Waals surface area contributed by atoms with Gasteiger partial charge in [-0.05, 0) is 31.0 Å². The lowest BCUT2D eigenvalue weighted by Gasteiger charge is -2.33. The summed E-state index contributed by atoms with van der Waals surface area (Å²) in [6, 6.07) is 12.0. The Hall–Kier alpha value is -1.13. The highest BCUT2D eigenvalue weighted by molar-refractivity contribution is 7.80. The third kappa shape index (κ3) is 5.18. The van der Waals surface area contributed by atoms with Crippen molar-refractivity contribution in [3.63, 3.8) is 0 Å². The number of nitrogens with one attached hydrogen (secondary N) is 3. The van der Waals surface area contributed by atoms with Crippen LogP contribution in [0.25, 0.3) is 0 Å². The van der Waals surface area contributed by atoms with Gasteiger partial charge < -0.3 is 15.5 Å². The van der Waals surface area contributed by atoms with E-state index < -0.39 is 0 Å². The average Bonchev–Trinajstić information content (AvgIpc) is 2.60. The van der Waals surface area contributed by atoms with Crippen LogP contribution in [-0.4, -0.2) is 30.3 Å². The van der Waals surface area contributed by atoms with Crippen molar-refractivity contribution in [2.24, 2.45) is 5.92 Å². The molecular formula is C20H32N3S+. The zero-order valence-electron chi connectivity index (χ0n) is 14.9. The zero-order valence-corrected chi connectivity index (χ0v) is 15.7. The van der Waals surface area contributed by atoms with Crippen molar-refractivity contribution in [2.75, 3.05) is 13.1 Å².